The Balaban J connectivity index is 2.89. The topological polar surface area (TPSA) is 57.5 Å². The first-order valence-corrected chi connectivity index (χ1v) is 4.25. The molecule has 0 amide bonds. The fraction of sp³-hybridized carbons (Fsp3) is 0. The van der Waals surface area contributed by atoms with Crippen LogP contribution in [0.5, 0.6) is 5.75 Å². The number of aromatic hydroxyl groups is 1. The number of halogens is 1. The molecule has 3 nitrogen and oxygen atoms in total. The minimum Gasteiger partial charge on any atom is -0.507 e. The van der Waals surface area contributed by atoms with Gasteiger partial charge >= 0.3 is 5.97 Å². The number of rotatable bonds is 1. The minimum absolute atomic E-state index is 0.0580. The third kappa shape index (κ3) is 1.40. The van der Waals surface area contributed by atoms with Crippen LogP contribution in [-0.2, 0) is 0 Å². The molecule has 2 N–H and O–H groups in total. The van der Waals surface area contributed by atoms with Gasteiger partial charge in [0.1, 0.15) is 11.6 Å². The predicted octanol–water partition coefficient (Wildman–Crippen LogP) is 2.38. The summed E-state index contributed by atoms with van der Waals surface area (Å²) in [7, 11) is 0. The summed E-state index contributed by atoms with van der Waals surface area (Å²) in [6, 6.07) is 7.12. The highest BCUT2D eigenvalue weighted by atomic mass is 19.1. The zero-order valence-electron chi connectivity index (χ0n) is 7.57. The number of aromatic carboxylic acids is 1. The van der Waals surface area contributed by atoms with Crippen molar-refractivity contribution < 1.29 is 19.4 Å². The molecule has 76 valence electrons. The van der Waals surface area contributed by atoms with Crippen LogP contribution in [0, 0.1) is 5.82 Å². The highest BCUT2D eigenvalue weighted by Gasteiger charge is 2.15. The van der Waals surface area contributed by atoms with Gasteiger partial charge in [-0.15, -0.1) is 0 Å². The summed E-state index contributed by atoms with van der Waals surface area (Å²) >= 11 is 0. The summed E-state index contributed by atoms with van der Waals surface area (Å²) in [5, 5.41) is 18.5. The van der Waals surface area contributed by atoms with Crippen molar-refractivity contribution in [2.24, 2.45) is 0 Å². The summed E-state index contributed by atoms with van der Waals surface area (Å²) in [5.41, 5.74) is -0.441. The first-order chi connectivity index (χ1) is 7.11. The van der Waals surface area contributed by atoms with Crippen LogP contribution in [0.2, 0.25) is 0 Å². The number of hydrogen-bond acceptors (Lipinski definition) is 2. The lowest BCUT2D eigenvalue weighted by Gasteiger charge is -2.04. The normalized spacial score (nSPS) is 10.5. The molecule has 0 aliphatic heterocycles. The smallest absolute Gasteiger partial charge is 0.338 e. The monoisotopic (exact) mass is 206 g/mol. The van der Waals surface area contributed by atoms with Gasteiger partial charge in [-0.25, -0.2) is 9.18 Å². The second kappa shape index (κ2) is 3.24. The van der Waals surface area contributed by atoms with Crippen LogP contribution >= 0.6 is 0 Å². The van der Waals surface area contributed by atoms with Gasteiger partial charge in [-0.2, -0.15) is 0 Å². The van der Waals surface area contributed by atoms with Gasteiger partial charge < -0.3 is 10.2 Å². The Morgan fingerprint density at radius 1 is 1.20 bits per heavy atom. The molecule has 0 spiro atoms. The Morgan fingerprint density at radius 3 is 2.60 bits per heavy atom. The Labute approximate surface area is 84.4 Å². The average molecular weight is 206 g/mol. The number of carboxylic acid groups (broad SMARTS) is 1. The van der Waals surface area contributed by atoms with Gasteiger partial charge in [0.25, 0.3) is 0 Å². The zero-order chi connectivity index (χ0) is 11.0. The van der Waals surface area contributed by atoms with E-state index in [9.17, 15) is 14.3 Å². The van der Waals surface area contributed by atoms with E-state index in [0.717, 1.165) is 0 Å². The molecule has 2 rings (SSSR count). The van der Waals surface area contributed by atoms with Crippen molar-refractivity contribution in [1.29, 1.82) is 0 Å². The van der Waals surface area contributed by atoms with Gasteiger partial charge in [0.05, 0.1) is 10.9 Å². The van der Waals surface area contributed by atoms with Crippen LogP contribution in [0.3, 0.4) is 0 Å². The van der Waals surface area contributed by atoms with Crippen molar-refractivity contribution in [3.8, 4) is 5.75 Å². The van der Waals surface area contributed by atoms with E-state index in [1.165, 1.54) is 18.2 Å². The number of phenols is 1. The molecule has 0 bridgehead atoms. The van der Waals surface area contributed by atoms with Gasteiger partial charge in [-0.05, 0) is 17.5 Å². The van der Waals surface area contributed by atoms with Crippen LogP contribution in [-0.4, -0.2) is 16.2 Å². The van der Waals surface area contributed by atoms with Gasteiger partial charge in [0.2, 0.25) is 0 Å². The molecule has 0 fully saturated rings. The molecule has 15 heavy (non-hydrogen) atoms. The maximum Gasteiger partial charge on any atom is 0.338 e. The van der Waals surface area contributed by atoms with Crippen LogP contribution in [0.1, 0.15) is 10.4 Å². The largest absolute Gasteiger partial charge is 0.507 e. The molecule has 0 heterocycles. The molecular weight excluding hydrogens is 199 g/mol. The van der Waals surface area contributed by atoms with E-state index in [-0.39, 0.29) is 11.1 Å². The molecule has 0 saturated heterocycles. The molecule has 0 aromatic heterocycles. The quantitative estimate of drug-likeness (QED) is 0.753. The molecular formula is C11H7FO3. The van der Waals surface area contributed by atoms with E-state index in [2.05, 4.69) is 0 Å². The van der Waals surface area contributed by atoms with E-state index >= 15 is 0 Å². The number of hydrogen-bond donors (Lipinski definition) is 2. The summed E-state index contributed by atoms with van der Waals surface area (Å²) < 4.78 is 13.6. The molecule has 0 unspecified atom stereocenters. The van der Waals surface area contributed by atoms with E-state index in [1.54, 1.807) is 12.1 Å². The molecule has 0 saturated carbocycles. The molecule has 0 radical (unpaired) electrons. The predicted molar refractivity (Wildman–Crippen MR) is 52.5 cm³/mol. The van der Waals surface area contributed by atoms with Crippen LogP contribution in [0.4, 0.5) is 4.39 Å². The Kier molecular flexibility index (Phi) is 2.04. The molecule has 0 atom stereocenters. The van der Waals surface area contributed by atoms with Crippen LogP contribution in [0.25, 0.3) is 10.8 Å². The number of carbonyl (C=O) groups is 1. The van der Waals surface area contributed by atoms with Crippen molar-refractivity contribution in [3.05, 3.63) is 41.7 Å². The fourth-order valence-electron chi connectivity index (χ4n) is 1.48. The average Bonchev–Trinajstić information content (AvgIpc) is 2.17. The summed E-state index contributed by atoms with van der Waals surface area (Å²) in [5.74, 6) is -2.51. The van der Waals surface area contributed by atoms with Crippen molar-refractivity contribution in [2.45, 2.75) is 0 Å². The lowest BCUT2D eigenvalue weighted by atomic mass is 10.1. The minimum atomic E-state index is -1.35. The van der Waals surface area contributed by atoms with E-state index in [4.69, 9.17) is 5.11 Å². The van der Waals surface area contributed by atoms with Crippen molar-refractivity contribution in [3.63, 3.8) is 0 Å². The van der Waals surface area contributed by atoms with Gasteiger partial charge in [0.15, 0.2) is 0 Å². The van der Waals surface area contributed by atoms with Gasteiger partial charge in [-0.1, -0.05) is 18.2 Å². The second-order valence-electron chi connectivity index (χ2n) is 3.11. The van der Waals surface area contributed by atoms with E-state index < -0.39 is 17.3 Å². The standard InChI is InChI=1S/C11H7FO3/c12-10-7(11(14)15)5-4-6-2-1-3-8(13)9(6)10/h1-5,13H,(H,14,15). The molecule has 0 aliphatic rings. The number of phenolic OH excluding ortho intramolecular Hbond substituents is 1. The first-order valence-electron chi connectivity index (χ1n) is 4.25. The highest BCUT2D eigenvalue weighted by Crippen LogP contribution is 2.28. The van der Waals surface area contributed by atoms with Crippen LogP contribution in [0.15, 0.2) is 30.3 Å². The number of fused-ring (bicyclic) bond motifs is 1. The lowest BCUT2D eigenvalue weighted by molar-refractivity contribution is 0.0692. The Morgan fingerprint density at radius 2 is 1.93 bits per heavy atom. The zero-order valence-corrected chi connectivity index (χ0v) is 7.57. The van der Waals surface area contributed by atoms with Gasteiger partial charge in [0, 0.05) is 0 Å². The highest BCUT2D eigenvalue weighted by molar-refractivity contribution is 5.97. The van der Waals surface area contributed by atoms with Crippen molar-refractivity contribution in [2.75, 3.05) is 0 Å². The second-order valence-corrected chi connectivity index (χ2v) is 3.11. The third-order valence-corrected chi connectivity index (χ3v) is 2.19. The summed E-state index contributed by atoms with van der Waals surface area (Å²) in [6.07, 6.45) is 0. The summed E-state index contributed by atoms with van der Waals surface area (Å²) in [6.45, 7) is 0. The molecule has 2 aromatic carbocycles. The molecule has 2 aromatic rings. The number of carboxylic acids is 1. The first kappa shape index (κ1) is 9.45. The maximum atomic E-state index is 13.6. The van der Waals surface area contributed by atoms with Gasteiger partial charge in [-0.3, -0.25) is 0 Å². The van der Waals surface area contributed by atoms with E-state index in [1.807, 2.05) is 0 Å². The third-order valence-electron chi connectivity index (χ3n) is 2.19. The van der Waals surface area contributed by atoms with Crippen molar-refractivity contribution in [1.82, 2.24) is 0 Å². The van der Waals surface area contributed by atoms with Crippen LogP contribution < -0.4 is 0 Å². The number of benzene rings is 2. The lowest BCUT2D eigenvalue weighted by Crippen LogP contribution is -2.00. The fourth-order valence-corrected chi connectivity index (χ4v) is 1.48. The molecule has 4 heteroatoms. The Bertz CT molecular complexity index is 549. The van der Waals surface area contributed by atoms with Crippen molar-refractivity contribution >= 4 is 16.7 Å². The Hall–Kier alpha value is -2.10. The maximum absolute atomic E-state index is 13.6. The molecule has 0 aliphatic carbocycles. The summed E-state index contributed by atoms with van der Waals surface area (Å²) in [4.78, 5) is 10.7. The SMILES string of the molecule is O=C(O)c1ccc2cccc(O)c2c1F. The van der Waals surface area contributed by atoms with E-state index in [0.29, 0.717) is 5.39 Å².